The van der Waals surface area contributed by atoms with Gasteiger partial charge < -0.3 is 16.0 Å². The maximum absolute atomic E-state index is 6.41. The van der Waals surface area contributed by atoms with Crippen LogP contribution in [0.2, 0.25) is 5.02 Å². The molecule has 0 saturated heterocycles. The number of anilines is 5. The number of nitrogen functional groups attached to an aromatic ring is 1. The average molecular weight is 368 g/mol. The summed E-state index contributed by atoms with van der Waals surface area (Å²) in [5.41, 5.74) is 11.1. The second-order valence-electron chi connectivity index (χ2n) is 6.13. The summed E-state index contributed by atoms with van der Waals surface area (Å²) in [5.74, 6) is 1.24. The van der Waals surface area contributed by atoms with Crippen molar-refractivity contribution in [3.05, 3.63) is 64.9 Å². The van der Waals surface area contributed by atoms with E-state index in [2.05, 4.69) is 46.2 Å². The van der Waals surface area contributed by atoms with E-state index in [9.17, 15) is 0 Å². The van der Waals surface area contributed by atoms with Crippen LogP contribution in [0.25, 0.3) is 0 Å². The lowest BCUT2D eigenvalue weighted by Crippen LogP contribution is -2.20. The highest BCUT2D eigenvalue weighted by Crippen LogP contribution is 2.34. The van der Waals surface area contributed by atoms with Crippen LogP contribution in [0.1, 0.15) is 18.1 Å². The number of hydrogen-bond acceptors (Lipinski definition) is 5. The third-order valence-corrected chi connectivity index (χ3v) is 4.44. The fraction of sp³-hybridized carbons (Fsp3) is 0.200. The van der Waals surface area contributed by atoms with Gasteiger partial charge in [0.15, 0.2) is 11.6 Å². The Hall–Kier alpha value is -2.79. The van der Waals surface area contributed by atoms with Crippen LogP contribution in [-0.4, -0.2) is 16.5 Å². The molecule has 26 heavy (non-hydrogen) atoms. The zero-order valence-electron chi connectivity index (χ0n) is 15.1. The summed E-state index contributed by atoms with van der Waals surface area (Å²) in [6.45, 7) is 6.87. The molecule has 0 aliphatic carbocycles. The molecule has 0 aliphatic rings. The molecule has 1 heterocycles. The molecule has 0 bridgehead atoms. The van der Waals surface area contributed by atoms with Crippen molar-refractivity contribution in [1.82, 2.24) is 9.97 Å². The second kappa shape index (κ2) is 7.62. The molecule has 0 atom stereocenters. The van der Waals surface area contributed by atoms with E-state index in [1.165, 1.54) is 11.9 Å². The zero-order chi connectivity index (χ0) is 18.7. The summed E-state index contributed by atoms with van der Waals surface area (Å²) in [6.07, 6.45) is 1.52. The summed E-state index contributed by atoms with van der Waals surface area (Å²) < 4.78 is 0. The Labute approximate surface area is 158 Å². The highest BCUT2D eigenvalue weighted by atomic mass is 35.5. The van der Waals surface area contributed by atoms with Crippen molar-refractivity contribution in [1.29, 1.82) is 0 Å². The number of nitrogens with two attached hydrogens (primary N) is 1. The van der Waals surface area contributed by atoms with Gasteiger partial charge in [-0.1, -0.05) is 29.8 Å². The van der Waals surface area contributed by atoms with E-state index < -0.39 is 0 Å². The minimum atomic E-state index is 0.496. The molecule has 0 aliphatic heterocycles. The van der Waals surface area contributed by atoms with Crippen LogP contribution in [0.4, 0.5) is 28.7 Å². The van der Waals surface area contributed by atoms with Crippen LogP contribution in [0, 0.1) is 13.8 Å². The van der Waals surface area contributed by atoms with Crippen molar-refractivity contribution in [3.63, 3.8) is 0 Å². The lowest BCUT2D eigenvalue weighted by atomic mass is 10.2. The van der Waals surface area contributed by atoms with E-state index in [1.807, 2.05) is 37.3 Å². The highest BCUT2D eigenvalue weighted by molar-refractivity contribution is 6.30. The first-order valence-electron chi connectivity index (χ1n) is 8.47. The smallest absolute Gasteiger partial charge is 0.161 e. The molecule has 0 amide bonds. The van der Waals surface area contributed by atoms with E-state index in [0.717, 1.165) is 23.5 Å². The van der Waals surface area contributed by atoms with Gasteiger partial charge in [0.05, 0.1) is 0 Å². The van der Waals surface area contributed by atoms with Gasteiger partial charge in [0, 0.05) is 22.9 Å². The Morgan fingerprint density at radius 3 is 2.65 bits per heavy atom. The Balaban J connectivity index is 1.99. The molecule has 0 unspecified atom stereocenters. The summed E-state index contributed by atoms with van der Waals surface area (Å²) in [7, 11) is 0. The summed E-state index contributed by atoms with van der Waals surface area (Å²) in [6, 6.07) is 13.9. The fourth-order valence-electron chi connectivity index (χ4n) is 2.81. The first-order valence-corrected chi connectivity index (χ1v) is 8.85. The quantitative estimate of drug-likeness (QED) is 0.646. The number of hydrogen-bond donors (Lipinski definition) is 2. The molecule has 3 aromatic rings. The summed E-state index contributed by atoms with van der Waals surface area (Å²) in [4.78, 5) is 10.8. The number of halogens is 1. The normalized spacial score (nSPS) is 10.6. The molecule has 0 saturated carbocycles. The van der Waals surface area contributed by atoms with Gasteiger partial charge in [-0.15, -0.1) is 0 Å². The van der Waals surface area contributed by atoms with Crippen molar-refractivity contribution in [2.24, 2.45) is 0 Å². The van der Waals surface area contributed by atoms with Crippen molar-refractivity contribution in [2.45, 2.75) is 20.8 Å². The summed E-state index contributed by atoms with van der Waals surface area (Å²) in [5, 5.41) is 3.93. The second-order valence-corrected chi connectivity index (χ2v) is 6.56. The van der Waals surface area contributed by atoms with Crippen molar-refractivity contribution in [2.75, 3.05) is 22.5 Å². The number of benzene rings is 2. The molecule has 5 nitrogen and oxygen atoms in total. The highest BCUT2D eigenvalue weighted by Gasteiger charge is 2.16. The largest absolute Gasteiger partial charge is 0.393 e. The Bertz CT molecular complexity index is 926. The third-order valence-electron chi connectivity index (χ3n) is 4.20. The monoisotopic (exact) mass is 367 g/mol. The lowest BCUT2D eigenvalue weighted by molar-refractivity contribution is 0.979. The molecule has 134 valence electrons. The zero-order valence-corrected chi connectivity index (χ0v) is 15.9. The van der Waals surface area contributed by atoms with E-state index in [-0.39, 0.29) is 0 Å². The SMILES string of the molecule is CCN(c1cccc(C)c1)c1ncnc(Nc2cc(Cl)ccc2C)c1N. The van der Waals surface area contributed by atoms with E-state index in [1.54, 1.807) is 0 Å². The van der Waals surface area contributed by atoms with Crippen LogP contribution in [-0.2, 0) is 0 Å². The molecule has 3 N–H and O–H groups in total. The molecule has 1 aromatic heterocycles. The standard InChI is InChI=1S/C20H22ClN5/c1-4-26(16-7-5-6-13(2)10-16)20-18(22)19(23-12-24-20)25-17-11-15(21)9-8-14(17)3/h5-12H,4,22H2,1-3H3,(H,23,24,25). The molecule has 3 rings (SSSR count). The number of aryl methyl sites for hydroxylation is 2. The number of nitrogens with one attached hydrogen (secondary N) is 1. The van der Waals surface area contributed by atoms with Crippen molar-refractivity contribution >= 4 is 40.3 Å². The number of nitrogens with zero attached hydrogens (tertiary/aromatic N) is 3. The Morgan fingerprint density at radius 2 is 1.92 bits per heavy atom. The van der Waals surface area contributed by atoms with Crippen LogP contribution in [0.5, 0.6) is 0 Å². The van der Waals surface area contributed by atoms with E-state index in [4.69, 9.17) is 17.3 Å². The Morgan fingerprint density at radius 1 is 1.12 bits per heavy atom. The van der Waals surface area contributed by atoms with Gasteiger partial charge in [-0.3, -0.25) is 0 Å². The van der Waals surface area contributed by atoms with Crippen molar-refractivity contribution < 1.29 is 0 Å². The molecular weight excluding hydrogens is 346 g/mol. The maximum Gasteiger partial charge on any atom is 0.161 e. The fourth-order valence-corrected chi connectivity index (χ4v) is 2.98. The minimum Gasteiger partial charge on any atom is -0.393 e. The molecule has 0 fully saturated rings. The van der Waals surface area contributed by atoms with Gasteiger partial charge in [-0.05, 0) is 56.2 Å². The van der Waals surface area contributed by atoms with Crippen molar-refractivity contribution in [3.8, 4) is 0 Å². The Kier molecular flexibility index (Phi) is 5.28. The first-order chi connectivity index (χ1) is 12.5. The average Bonchev–Trinajstić information content (AvgIpc) is 2.62. The van der Waals surface area contributed by atoms with Crippen LogP contribution in [0.15, 0.2) is 48.8 Å². The molecule has 0 spiro atoms. The van der Waals surface area contributed by atoms with Crippen LogP contribution >= 0.6 is 11.6 Å². The molecule has 0 radical (unpaired) electrons. The number of rotatable bonds is 5. The predicted molar refractivity (Wildman–Crippen MR) is 110 cm³/mol. The van der Waals surface area contributed by atoms with Gasteiger partial charge in [0.1, 0.15) is 12.0 Å². The first kappa shape index (κ1) is 18.0. The third kappa shape index (κ3) is 3.73. The van der Waals surface area contributed by atoms with Gasteiger partial charge in [0.2, 0.25) is 0 Å². The molecular formula is C20H22ClN5. The van der Waals surface area contributed by atoms with E-state index in [0.29, 0.717) is 22.3 Å². The predicted octanol–water partition coefficient (Wildman–Crippen LogP) is 5.23. The van der Waals surface area contributed by atoms with Gasteiger partial charge >= 0.3 is 0 Å². The number of aromatic nitrogens is 2. The topological polar surface area (TPSA) is 67.1 Å². The van der Waals surface area contributed by atoms with E-state index >= 15 is 0 Å². The lowest BCUT2D eigenvalue weighted by Gasteiger charge is -2.24. The van der Waals surface area contributed by atoms with Gasteiger partial charge in [-0.25, -0.2) is 9.97 Å². The van der Waals surface area contributed by atoms with Gasteiger partial charge in [0.25, 0.3) is 0 Å². The summed E-state index contributed by atoms with van der Waals surface area (Å²) >= 11 is 6.11. The maximum atomic E-state index is 6.41. The van der Waals surface area contributed by atoms with Crippen LogP contribution in [0.3, 0.4) is 0 Å². The molecule has 6 heteroatoms. The molecule has 2 aromatic carbocycles. The minimum absolute atomic E-state index is 0.496. The van der Waals surface area contributed by atoms with Crippen LogP contribution < -0.4 is 16.0 Å². The van der Waals surface area contributed by atoms with Gasteiger partial charge in [-0.2, -0.15) is 0 Å².